The molecule has 0 N–H and O–H groups in total. The molecule has 2 saturated heterocycles. The molecule has 1 aromatic carbocycles. The van der Waals surface area contributed by atoms with E-state index in [1.54, 1.807) is 6.20 Å². The van der Waals surface area contributed by atoms with Crippen LogP contribution in [0.15, 0.2) is 48.7 Å². The molecular formula is C22H24N4O. The lowest BCUT2D eigenvalue weighted by atomic mass is 9.68. The molecular weight excluding hydrogens is 336 g/mol. The van der Waals surface area contributed by atoms with Crippen LogP contribution >= 0.6 is 0 Å². The first-order valence-corrected chi connectivity index (χ1v) is 9.51. The molecule has 2 aliphatic heterocycles. The molecule has 0 unspecified atom stereocenters. The van der Waals surface area contributed by atoms with Crippen molar-refractivity contribution in [1.29, 1.82) is 5.26 Å². The first kappa shape index (κ1) is 17.5. The Morgan fingerprint density at radius 1 is 1.15 bits per heavy atom. The number of nitrogens with zero attached hydrogens (tertiary/aromatic N) is 4. The maximum Gasteiger partial charge on any atom is 0.229 e. The fourth-order valence-electron chi connectivity index (χ4n) is 4.59. The van der Waals surface area contributed by atoms with Gasteiger partial charge in [0, 0.05) is 32.9 Å². The number of hydrogen-bond acceptors (Lipinski definition) is 4. The van der Waals surface area contributed by atoms with E-state index in [0.29, 0.717) is 5.56 Å². The van der Waals surface area contributed by atoms with Gasteiger partial charge in [-0.2, -0.15) is 5.26 Å². The SMILES string of the molecule is CN1CC2(CCN(c3ccc(C#N)cn3)CC2)C[C@H](c2ccccc2)C1=O. The molecule has 1 amide bonds. The van der Waals surface area contributed by atoms with Crippen molar-refractivity contribution in [3.8, 4) is 6.07 Å². The summed E-state index contributed by atoms with van der Waals surface area (Å²) in [6.45, 7) is 2.70. The third-order valence-electron chi connectivity index (χ3n) is 6.11. The fourth-order valence-corrected chi connectivity index (χ4v) is 4.59. The van der Waals surface area contributed by atoms with Gasteiger partial charge in [-0.1, -0.05) is 30.3 Å². The second kappa shape index (κ2) is 7.03. The summed E-state index contributed by atoms with van der Waals surface area (Å²) in [5.74, 6) is 1.14. The van der Waals surface area contributed by atoms with Crippen molar-refractivity contribution in [2.45, 2.75) is 25.2 Å². The van der Waals surface area contributed by atoms with E-state index in [2.05, 4.69) is 28.1 Å². The number of hydrogen-bond donors (Lipinski definition) is 0. The molecule has 0 bridgehead atoms. The second-order valence-electron chi connectivity index (χ2n) is 7.87. The van der Waals surface area contributed by atoms with Crippen LogP contribution in [0.2, 0.25) is 0 Å². The minimum Gasteiger partial charge on any atom is -0.357 e. The van der Waals surface area contributed by atoms with Crippen molar-refractivity contribution in [3.63, 3.8) is 0 Å². The maximum absolute atomic E-state index is 12.8. The largest absolute Gasteiger partial charge is 0.357 e. The molecule has 1 aromatic heterocycles. The van der Waals surface area contributed by atoms with Gasteiger partial charge in [-0.25, -0.2) is 4.98 Å². The highest BCUT2D eigenvalue weighted by molar-refractivity contribution is 5.84. The summed E-state index contributed by atoms with van der Waals surface area (Å²) in [6.07, 6.45) is 4.66. The van der Waals surface area contributed by atoms with Gasteiger partial charge < -0.3 is 9.80 Å². The smallest absolute Gasteiger partial charge is 0.229 e. The predicted molar refractivity (Wildman–Crippen MR) is 104 cm³/mol. The average Bonchev–Trinajstić information content (AvgIpc) is 2.72. The molecule has 0 aliphatic carbocycles. The highest BCUT2D eigenvalue weighted by atomic mass is 16.2. The number of likely N-dealkylation sites (tertiary alicyclic amines) is 1. The zero-order chi connectivity index (χ0) is 18.9. The summed E-state index contributed by atoms with van der Waals surface area (Å²) in [5.41, 5.74) is 1.89. The Balaban J connectivity index is 1.49. The van der Waals surface area contributed by atoms with E-state index in [1.807, 2.05) is 42.3 Å². The number of rotatable bonds is 2. The normalized spacial score (nSPS) is 21.9. The van der Waals surface area contributed by atoms with Crippen molar-refractivity contribution in [1.82, 2.24) is 9.88 Å². The number of carbonyl (C=O) groups is 1. The van der Waals surface area contributed by atoms with E-state index in [9.17, 15) is 4.79 Å². The number of piperidine rings is 2. The third kappa shape index (κ3) is 3.40. The minimum atomic E-state index is -0.0375. The molecule has 1 spiro atoms. The van der Waals surface area contributed by atoms with E-state index >= 15 is 0 Å². The van der Waals surface area contributed by atoms with Crippen LogP contribution in [-0.4, -0.2) is 42.5 Å². The van der Waals surface area contributed by atoms with Crippen LogP contribution in [0.3, 0.4) is 0 Å². The molecule has 2 fully saturated rings. The number of likely N-dealkylation sites (N-methyl/N-ethyl adjacent to an activating group) is 1. The molecule has 2 aliphatic rings. The Hall–Kier alpha value is -2.87. The average molecular weight is 360 g/mol. The Kier molecular flexibility index (Phi) is 4.57. The van der Waals surface area contributed by atoms with Gasteiger partial charge in [0.1, 0.15) is 11.9 Å². The number of nitriles is 1. The fraction of sp³-hybridized carbons (Fsp3) is 0.409. The lowest BCUT2D eigenvalue weighted by molar-refractivity contribution is -0.138. The molecule has 5 heteroatoms. The standard InChI is InChI=1S/C22H24N4O/c1-25-16-22(13-19(21(25)27)18-5-3-2-4-6-18)9-11-26(12-10-22)20-8-7-17(14-23)15-24-20/h2-8,15,19H,9-13,16H2,1H3/t19-/m1/s1. The number of benzene rings is 1. The zero-order valence-corrected chi connectivity index (χ0v) is 15.6. The van der Waals surface area contributed by atoms with Crippen LogP contribution in [0.25, 0.3) is 0 Å². The lowest BCUT2D eigenvalue weighted by Crippen LogP contribution is -2.52. The van der Waals surface area contributed by atoms with Crippen LogP contribution in [0, 0.1) is 16.7 Å². The van der Waals surface area contributed by atoms with Crippen molar-refractivity contribution in [3.05, 3.63) is 59.8 Å². The first-order valence-electron chi connectivity index (χ1n) is 9.51. The predicted octanol–water partition coefficient (Wildman–Crippen LogP) is 3.19. The Morgan fingerprint density at radius 3 is 2.52 bits per heavy atom. The van der Waals surface area contributed by atoms with Crippen molar-refractivity contribution in [2.75, 3.05) is 31.6 Å². The van der Waals surface area contributed by atoms with Crippen LogP contribution in [0.1, 0.15) is 36.3 Å². The Bertz CT molecular complexity index is 848. The lowest BCUT2D eigenvalue weighted by Gasteiger charge is -2.49. The molecule has 0 saturated carbocycles. The van der Waals surface area contributed by atoms with Gasteiger partial charge in [0.25, 0.3) is 0 Å². The highest BCUT2D eigenvalue weighted by Gasteiger charge is 2.45. The molecule has 0 radical (unpaired) electrons. The van der Waals surface area contributed by atoms with Crippen molar-refractivity contribution in [2.24, 2.45) is 5.41 Å². The molecule has 1 atom stereocenters. The van der Waals surface area contributed by atoms with Gasteiger partial charge in [0.05, 0.1) is 11.5 Å². The topological polar surface area (TPSA) is 60.2 Å². The van der Waals surface area contributed by atoms with Gasteiger partial charge in [-0.05, 0) is 42.4 Å². The van der Waals surface area contributed by atoms with Crippen LogP contribution < -0.4 is 4.90 Å². The van der Waals surface area contributed by atoms with Crippen molar-refractivity contribution < 1.29 is 4.79 Å². The van der Waals surface area contributed by atoms with Crippen molar-refractivity contribution >= 4 is 11.7 Å². The van der Waals surface area contributed by atoms with E-state index < -0.39 is 0 Å². The van der Waals surface area contributed by atoms with Gasteiger partial charge >= 0.3 is 0 Å². The van der Waals surface area contributed by atoms with E-state index in [-0.39, 0.29) is 17.2 Å². The Labute approximate surface area is 160 Å². The zero-order valence-electron chi connectivity index (χ0n) is 15.6. The highest BCUT2D eigenvalue weighted by Crippen LogP contribution is 2.45. The maximum atomic E-state index is 12.8. The van der Waals surface area contributed by atoms with E-state index in [1.165, 1.54) is 0 Å². The molecule has 138 valence electrons. The summed E-state index contributed by atoms with van der Waals surface area (Å²) in [7, 11) is 1.94. The first-order chi connectivity index (χ1) is 13.1. The number of pyridine rings is 1. The monoisotopic (exact) mass is 360 g/mol. The second-order valence-corrected chi connectivity index (χ2v) is 7.87. The Morgan fingerprint density at radius 2 is 1.89 bits per heavy atom. The molecule has 5 nitrogen and oxygen atoms in total. The van der Waals surface area contributed by atoms with Crippen LogP contribution in [0.4, 0.5) is 5.82 Å². The van der Waals surface area contributed by atoms with Crippen LogP contribution in [0.5, 0.6) is 0 Å². The van der Waals surface area contributed by atoms with E-state index in [0.717, 1.165) is 50.3 Å². The molecule has 2 aromatic rings. The molecule has 4 rings (SSSR count). The quantitative estimate of drug-likeness (QED) is 0.825. The third-order valence-corrected chi connectivity index (χ3v) is 6.11. The van der Waals surface area contributed by atoms with E-state index in [4.69, 9.17) is 5.26 Å². The number of anilines is 1. The summed E-state index contributed by atoms with van der Waals surface area (Å²) in [5, 5.41) is 8.93. The van der Waals surface area contributed by atoms with Gasteiger partial charge in [-0.15, -0.1) is 0 Å². The summed E-state index contributed by atoms with van der Waals surface area (Å²) in [4.78, 5) is 21.4. The molecule has 27 heavy (non-hydrogen) atoms. The number of carbonyl (C=O) groups excluding carboxylic acids is 1. The van der Waals surface area contributed by atoms with Gasteiger partial charge in [-0.3, -0.25) is 4.79 Å². The minimum absolute atomic E-state index is 0.0375. The van der Waals surface area contributed by atoms with Crippen LogP contribution in [-0.2, 0) is 4.79 Å². The number of amides is 1. The van der Waals surface area contributed by atoms with Gasteiger partial charge in [0.2, 0.25) is 5.91 Å². The summed E-state index contributed by atoms with van der Waals surface area (Å²) >= 11 is 0. The summed E-state index contributed by atoms with van der Waals surface area (Å²) < 4.78 is 0. The van der Waals surface area contributed by atoms with Gasteiger partial charge in [0.15, 0.2) is 0 Å². The summed E-state index contributed by atoms with van der Waals surface area (Å²) in [6, 6.07) is 16.1. The number of aromatic nitrogens is 1. The molecule has 3 heterocycles.